The third kappa shape index (κ3) is 3.41. The van der Waals surface area contributed by atoms with Gasteiger partial charge in [-0.3, -0.25) is 4.79 Å². The Kier molecular flexibility index (Phi) is 4.31. The van der Waals surface area contributed by atoms with E-state index in [1.165, 1.54) is 12.1 Å². The fourth-order valence-electron chi connectivity index (χ4n) is 1.75. The molecule has 0 saturated carbocycles. The molecule has 0 unspecified atom stereocenters. The molecule has 2 rings (SSSR count). The number of halogens is 2. The quantitative estimate of drug-likeness (QED) is 0.875. The molecule has 0 aliphatic carbocycles. The van der Waals surface area contributed by atoms with Gasteiger partial charge in [0.1, 0.15) is 11.5 Å². The summed E-state index contributed by atoms with van der Waals surface area (Å²) in [5.41, 5.74) is 0.514. The number of hydrogen-bond donors (Lipinski definition) is 1. The van der Waals surface area contributed by atoms with E-state index in [2.05, 4.69) is 26.2 Å². The largest absolute Gasteiger partial charge is 0.342 e. The van der Waals surface area contributed by atoms with E-state index in [1.807, 2.05) is 17.7 Å². The van der Waals surface area contributed by atoms with Gasteiger partial charge in [-0.1, -0.05) is 13.0 Å². The normalized spacial score (nSPS) is 10.5. The number of nitrogens with zero attached hydrogens (tertiary/aromatic N) is 2. The minimum absolute atomic E-state index is 0.199. The lowest BCUT2D eigenvalue weighted by atomic mass is 10.3. The summed E-state index contributed by atoms with van der Waals surface area (Å²) >= 11 is 3.34. The van der Waals surface area contributed by atoms with Gasteiger partial charge in [0.25, 0.3) is 5.91 Å². The lowest BCUT2D eigenvalue weighted by molar-refractivity contribution is 0.101. The van der Waals surface area contributed by atoms with E-state index in [4.69, 9.17) is 0 Å². The summed E-state index contributed by atoms with van der Waals surface area (Å²) in [7, 11) is 0. The van der Waals surface area contributed by atoms with Crippen LogP contribution in [0.25, 0.3) is 0 Å². The first-order valence-corrected chi connectivity index (χ1v) is 6.69. The molecule has 0 aromatic carbocycles. The minimum Gasteiger partial charge on any atom is -0.342 e. The molecule has 0 radical (unpaired) electrons. The summed E-state index contributed by atoms with van der Waals surface area (Å²) in [6.45, 7) is 2.77. The zero-order valence-corrected chi connectivity index (χ0v) is 11.9. The van der Waals surface area contributed by atoms with E-state index in [0.29, 0.717) is 5.69 Å². The monoisotopic (exact) mass is 325 g/mol. The summed E-state index contributed by atoms with van der Waals surface area (Å²) in [4.78, 5) is 15.7. The van der Waals surface area contributed by atoms with Crippen molar-refractivity contribution in [2.24, 2.45) is 0 Å². The first-order chi connectivity index (χ1) is 9.10. The molecule has 1 N–H and O–H groups in total. The van der Waals surface area contributed by atoms with Gasteiger partial charge in [-0.2, -0.15) is 4.39 Å². The van der Waals surface area contributed by atoms with Crippen LogP contribution in [0.4, 0.5) is 10.2 Å². The van der Waals surface area contributed by atoms with Gasteiger partial charge in [0, 0.05) is 17.2 Å². The summed E-state index contributed by atoms with van der Waals surface area (Å²) in [5, 5.41) is 2.58. The molecule has 2 heterocycles. The molecule has 6 heteroatoms. The average molecular weight is 326 g/mol. The number of nitrogens with one attached hydrogen (secondary N) is 1. The van der Waals surface area contributed by atoms with Gasteiger partial charge in [0.05, 0.1) is 0 Å². The van der Waals surface area contributed by atoms with Crippen molar-refractivity contribution < 1.29 is 9.18 Å². The van der Waals surface area contributed by atoms with E-state index >= 15 is 0 Å². The Hall–Kier alpha value is -1.69. The van der Waals surface area contributed by atoms with Crippen LogP contribution in [0.3, 0.4) is 0 Å². The minimum atomic E-state index is -0.622. The fourth-order valence-corrected chi connectivity index (χ4v) is 2.21. The van der Waals surface area contributed by atoms with Gasteiger partial charge in [-0.25, -0.2) is 4.98 Å². The highest BCUT2D eigenvalue weighted by molar-refractivity contribution is 9.10. The Morgan fingerprint density at radius 3 is 3.00 bits per heavy atom. The summed E-state index contributed by atoms with van der Waals surface area (Å²) < 4.78 is 15.6. The number of aromatic nitrogens is 2. The molecular weight excluding hydrogens is 313 g/mol. The van der Waals surface area contributed by atoms with Gasteiger partial charge in [-0.15, -0.1) is 0 Å². The number of rotatable bonds is 4. The third-order valence-electron chi connectivity index (χ3n) is 2.52. The second-order valence-corrected chi connectivity index (χ2v) is 4.95. The van der Waals surface area contributed by atoms with Crippen molar-refractivity contribution in [2.75, 3.05) is 5.32 Å². The van der Waals surface area contributed by atoms with E-state index < -0.39 is 5.95 Å². The molecule has 1 amide bonds. The first-order valence-electron chi connectivity index (χ1n) is 5.89. The molecule has 2 aromatic heterocycles. The number of hydrogen-bond acceptors (Lipinski definition) is 2. The van der Waals surface area contributed by atoms with Crippen molar-refractivity contribution in [3.8, 4) is 0 Å². The summed E-state index contributed by atoms with van der Waals surface area (Å²) in [6.07, 6.45) is 2.76. The smallest absolute Gasteiger partial charge is 0.273 e. The molecule has 0 bridgehead atoms. The molecule has 100 valence electrons. The zero-order chi connectivity index (χ0) is 13.8. The van der Waals surface area contributed by atoms with Gasteiger partial charge < -0.3 is 9.88 Å². The molecule has 0 fully saturated rings. The van der Waals surface area contributed by atoms with Crippen molar-refractivity contribution in [3.05, 3.63) is 46.6 Å². The van der Waals surface area contributed by atoms with Crippen molar-refractivity contribution in [1.29, 1.82) is 0 Å². The molecule has 4 nitrogen and oxygen atoms in total. The van der Waals surface area contributed by atoms with Crippen LogP contribution in [0.2, 0.25) is 0 Å². The Balaban J connectivity index is 2.20. The van der Waals surface area contributed by atoms with Crippen molar-refractivity contribution >= 4 is 27.7 Å². The standard InChI is InChI=1S/C13H13BrFN3O/c1-2-6-18-8-9(14)7-10(18)13(19)17-12-5-3-4-11(15)16-12/h3-5,7-8H,2,6H2,1H3,(H,16,17,19). The Morgan fingerprint density at radius 2 is 2.32 bits per heavy atom. The summed E-state index contributed by atoms with van der Waals surface area (Å²) in [5.74, 6) is -0.731. The molecule has 0 aliphatic heterocycles. The highest BCUT2D eigenvalue weighted by atomic mass is 79.9. The second kappa shape index (κ2) is 5.97. The SMILES string of the molecule is CCCn1cc(Br)cc1C(=O)Nc1cccc(F)n1. The average Bonchev–Trinajstić information content (AvgIpc) is 2.71. The molecule has 0 atom stereocenters. The number of carbonyl (C=O) groups is 1. The summed E-state index contributed by atoms with van der Waals surface area (Å²) in [6, 6.07) is 6.00. The van der Waals surface area contributed by atoms with Gasteiger partial charge in [-0.05, 0) is 40.5 Å². The highest BCUT2D eigenvalue weighted by Crippen LogP contribution is 2.17. The van der Waals surface area contributed by atoms with Crippen LogP contribution in [-0.4, -0.2) is 15.5 Å². The van der Waals surface area contributed by atoms with E-state index in [0.717, 1.165) is 17.4 Å². The van der Waals surface area contributed by atoms with Crippen LogP contribution in [0.15, 0.2) is 34.9 Å². The van der Waals surface area contributed by atoms with Crippen molar-refractivity contribution in [2.45, 2.75) is 19.9 Å². The molecule has 0 spiro atoms. The maximum atomic E-state index is 12.9. The van der Waals surface area contributed by atoms with Gasteiger partial charge in [0.15, 0.2) is 0 Å². The predicted octanol–water partition coefficient (Wildman–Crippen LogP) is 3.45. The molecular formula is C13H13BrFN3O. The van der Waals surface area contributed by atoms with Crippen molar-refractivity contribution in [1.82, 2.24) is 9.55 Å². The number of carbonyl (C=O) groups excluding carboxylic acids is 1. The topological polar surface area (TPSA) is 46.9 Å². The maximum absolute atomic E-state index is 12.9. The van der Waals surface area contributed by atoms with E-state index in [1.54, 1.807) is 12.1 Å². The van der Waals surface area contributed by atoms with Crippen LogP contribution < -0.4 is 5.32 Å². The van der Waals surface area contributed by atoms with Crippen LogP contribution in [0, 0.1) is 5.95 Å². The third-order valence-corrected chi connectivity index (χ3v) is 2.95. The second-order valence-electron chi connectivity index (χ2n) is 4.04. The fraction of sp³-hybridized carbons (Fsp3) is 0.231. The van der Waals surface area contributed by atoms with Gasteiger partial charge >= 0.3 is 0 Å². The van der Waals surface area contributed by atoms with Crippen LogP contribution >= 0.6 is 15.9 Å². The van der Waals surface area contributed by atoms with Gasteiger partial charge in [0.2, 0.25) is 5.95 Å². The molecule has 0 aliphatic rings. The maximum Gasteiger partial charge on any atom is 0.273 e. The Bertz CT molecular complexity index is 597. The van der Waals surface area contributed by atoms with E-state index in [-0.39, 0.29) is 11.7 Å². The predicted molar refractivity (Wildman–Crippen MR) is 74.6 cm³/mol. The number of amides is 1. The van der Waals surface area contributed by atoms with Crippen molar-refractivity contribution in [3.63, 3.8) is 0 Å². The number of anilines is 1. The first kappa shape index (κ1) is 13.7. The Morgan fingerprint density at radius 1 is 1.53 bits per heavy atom. The number of pyridine rings is 1. The van der Waals surface area contributed by atoms with E-state index in [9.17, 15) is 9.18 Å². The van der Waals surface area contributed by atoms with Crippen LogP contribution in [0.5, 0.6) is 0 Å². The molecule has 2 aromatic rings. The Labute approximate surface area is 118 Å². The lowest BCUT2D eigenvalue weighted by Crippen LogP contribution is -2.17. The molecule has 19 heavy (non-hydrogen) atoms. The van der Waals surface area contributed by atoms with Crippen LogP contribution in [0.1, 0.15) is 23.8 Å². The lowest BCUT2D eigenvalue weighted by Gasteiger charge is -2.08. The molecule has 0 saturated heterocycles. The van der Waals surface area contributed by atoms with Crippen LogP contribution in [-0.2, 0) is 6.54 Å². The highest BCUT2D eigenvalue weighted by Gasteiger charge is 2.13. The number of aryl methyl sites for hydroxylation is 1. The zero-order valence-electron chi connectivity index (χ0n) is 10.4.